The fourth-order valence-electron chi connectivity index (χ4n) is 3.52. The molecule has 1 aromatic carbocycles. The molecule has 4 heteroatoms. The molecule has 1 heterocycles. The minimum Gasteiger partial charge on any atom is -0.327 e. The predicted octanol–water partition coefficient (Wildman–Crippen LogP) is 3.24. The van der Waals surface area contributed by atoms with Crippen molar-refractivity contribution in [2.24, 2.45) is 17.6 Å². The molecule has 0 amide bonds. The Balaban J connectivity index is 0.00000133. The van der Waals surface area contributed by atoms with E-state index in [-0.39, 0.29) is 12.4 Å². The Labute approximate surface area is 126 Å². The lowest BCUT2D eigenvalue weighted by Crippen LogP contribution is -2.30. The maximum Gasteiger partial charge on any atom is 0.0438 e. The molecular weight excluding hydrogens is 279 g/mol. The van der Waals surface area contributed by atoms with Crippen LogP contribution in [0.3, 0.4) is 0 Å². The molecule has 0 bridgehead atoms. The van der Waals surface area contributed by atoms with Crippen LogP contribution in [-0.2, 0) is 6.54 Å². The van der Waals surface area contributed by atoms with E-state index in [2.05, 4.69) is 23.1 Å². The van der Waals surface area contributed by atoms with Gasteiger partial charge in [0.1, 0.15) is 0 Å². The number of nitrogens with zero attached hydrogens (tertiary/aromatic N) is 1. The minimum absolute atomic E-state index is 0. The molecule has 0 radical (unpaired) electrons. The molecule has 2 N–H and O–H groups in total. The molecule has 1 saturated heterocycles. The second kappa shape index (κ2) is 6.01. The topological polar surface area (TPSA) is 29.3 Å². The Morgan fingerprint density at radius 1 is 1.32 bits per heavy atom. The average Bonchev–Trinajstić information content (AvgIpc) is 2.87. The van der Waals surface area contributed by atoms with Crippen molar-refractivity contribution in [3.63, 3.8) is 0 Å². The Morgan fingerprint density at radius 3 is 2.79 bits per heavy atom. The van der Waals surface area contributed by atoms with Crippen molar-refractivity contribution in [1.82, 2.24) is 4.90 Å². The van der Waals surface area contributed by atoms with E-state index in [1.807, 2.05) is 6.92 Å². The van der Waals surface area contributed by atoms with E-state index < -0.39 is 0 Å². The van der Waals surface area contributed by atoms with Crippen LogP contribution in [0.2, 0.25) is 5.02 Å². The molecule has 3 unspecified atom stereocenters. The third kappa shape index (κ3) is 3.08. The summed E-state index contributed by atoms with van der Waals surface area (Å²) in [6.45, 7) is 5.44. The first-order chi connectivity index (χ1) is 8.63. The first-order valence-corrected chi connectivity index (χ1v) is 7.24. The summed E-state index contributed by atoms with van der Waals surface area (Å²) in [6, 6.07) is 6.84. The number of likely N-dealkylation sites (tertiary alicyclic amines) is 1. The molecule has 3 rings (SSSR count). The highest BCUT2D eigenvalue weighted by Crippen LogP contribution is 2.37. The molecule has 19 heavy (non-hydrogen) atoms. The van der Waals surface area contributed by atoms with Gasteiger partial charge in [0.25, 0.3) is 0 Å². The van der Waals surface area contributed by atoms with Gasteiger partial charge in [0.15, 0.2) is 0 Å². The molecule has 1 aliphatic heterocycles. The lowest BCUT2D eigenvalue weighted by molar-refractivity contribution is 0.298. The highest BCUT2D eigenvalue weighted by Gasteiger charge is 2.40. The minimum atomic E-state index is 0. The van der Waals surface area contributed by atoms with Crippen LogP contribution in [-0.4, -0.2) is 24.0 Å². The summed E-state index contributed by atoms with van der Waals surface area (Å²) in [5, 5.41) is 0.878. The van der Waals surface area contributed by atoms with Crippen LogP contribution in [0.4, 0.5) is 0 Å². The molecule has 1 aliphatic carbocycles. The average molecular weight is 301 g/mol. The van der Waals surface area contributed by atoms with Crippen molar-refractivity contribution in [1.29, 1.82) is 0 Å². The fraction of sp³-hybridized carbons (Fsp3) is 0.600. The Kier molecular flexibility index (Phi) is 4.78. The van der Waals surface area contributed by atoms with E-state index in [9.17, 15) is 0 Å². The molecule has 0 aromatic heterocycles. The van der Waals surface area contributed by atoms with E-state index in [1.54, 1.807) is 0 Å². The number of benzene rings is 1. The monoisotopic (exact) mass is 300 g/mol. The van der Waals surface area contributed by atoms with E-state index >= 15 is 0 Å². The molecule has 2 nitrogen and oxygen atoms in total. The van der Waals surface area contributed by atoms with Gasteiger partial charge in [-0.25, -0.2) is 0 Å². The van der Waals surface area contributed by atoms with Crippen molar-refractivity contribution in [3.8, 4) is 0 Å². The maximum atomic E-state index is 6.18. The molecule has 2 aliphatic rings. The van der Waals surface area contributed by atoms with Gasteiger partial charge in [-0.05, 0) is 48.8 Å². The SMILES string of the molecule is Cc1ccc(CN2CC3CCC(N)C3C2)cc1Cl.Cl. The Morgan fingerprint density at radius 2 is 2.11 bits per heavy atom. The summed E-state index contributed by atoms with van der Waals surface area (Å²) in [5.74, 6) is 1.56. The summed E-state index contributed by atoms with van der Waals surface area (Å²) >= 11 is 6.18. The second-order valence-electron chi connectivity index (χ2n) is 5.94. The Hall–Kier alpha value is -0.280. The summed E-state index contributed by atoms with van der Waals surface area (Å²) in [5.41, 5.74) is 8.64. The number of hydrogen-bond acceptors (Lipinski definition) is 2. The standard InChI is InChI=1S/C15H21ClN2.ClH/c1-10-2-3-11(6-14(10)16)7-18-8-12-4-5-15(17)13(12)9-18;/h2-3,6,12-13,15H,4-5,7-9,17H2,1H3;1H. The van der Waals surface area contributed by atoms with Gasteiger partial charge in [-0.2, -0.15) is 0 Å². The van der Waals surface area contributed by atoms with Crippen LogP contribution in [0.25, 0.3) is 0 Å². The summed E-state index contributed by atoms with van der Waals surface area (Å²) in [7, 11) is 0. The van der Waals surface area contributed by atoms with Crippen molar-refractivity contribution < 1.29 is 0 Å². The largest absolute Gasteiger partial charge is 0.327 e. The first kappa shape index (κ1) is 15.1. The van der Waals surface area contributed by atoms with Gasteiger partial charge < -0.3 is 5.73 Å². The van der Waals surface area contributed by atoms with Crippen LogP contribution in [0.5, 0.6) is 0 Å². The molecule has 2 fully saturated rings. The smallest absolute Gasteiger partial charge is 0.0438 e. The van der Waals surface area contributed by atoms with Gasteiger partial charge in [-0.1, -0.05) is 23.7 Å². The summed E-state index contributed by atoms with van der Waals surface area (Å²) in [6.07, 6.45) is 2.54. The van der Waals surface area contributed by atoms with Crippen LogP contribution >= 0.6 is 24.0 Å². The van der Waals surface area contributed by atoms with Crippen LogP contribution in [0, 0.1) is 18.8 Å². The molecule has 0 spiro atoms. The zero-order chi connectivity index (χ0) is 12.7. The van der Waals surface area contributed by atoms with Crippen LogP contribution in [0.1, 0.15) is 24.0 Å². The van der Waals surface area contributed by atoms with Crippen molar-refractivity contribution in [3.05, 3.63) is 34.3 Å². The van der Waals surface area contributed by atoms with Crippen molar-refractivity contribution >= 4 is 24.0 Å². The lowest BCUT2D eigenvalue weighted by Gasteiger charge is -2.18. The normalized spacial score (nSPS) is 30.2. The van der Waals surface area contributed by atoms with E-state index in [0.717, 1.165) is 35.5 Å². The summed E-state index contributed by atoms with van der Waals surface area (Å²) < 4.78 is 0. The van der Waals surface area contributed by atoms with Gasteiger partial charge in [0, 0.05) is 30.7 Å². The number of halogens is 2. The first-order valence-electron chi connectivity index (χ1n) is 6.86. The third-order valence-electron chi connectivity index (χ3n) is 4.63. The van der Waals surface area contributed by atoms with Gasteiger partial charge in [-0.15, -0.1) is 12.4 Å². The number of nitrogens with two attached hydrogens (primary N) is 1. The van der Waals surface area contributed by atoms with Crippen LogP contribution < -0.4 is 5.73 Å². The van der Waals surface area contributed by atoms with Crippen molar-refractivity contribution in [2.45, 2.75) is 32.4 Å². The van der Waals surface area contributed by atoms with Crippen LogP contribution in [0.15, 0.2) is 18.2 Å². The molecule has 3 atom stereocenters. The predicted molar refractivity (Wildman–Crippen MR) is 82.9 cm³/mol. The van der Waals surface area contributed by atoms with Gasteiger partial charge in [0.2, 0.25) is 0 Å². The number of fused-ring (bicyclic) bond motifs is 1. The third-order valence-corrected chi connectivity index (χ3v) is 5.04. The number of hydrogen-bond donors (Lipinski definition) is 1. The van der Waals surface area contributed by atoms with Crippen molar-refractivity contribution in [2.75, 3.05) is 13.1 Å². The summed E-state index contributed by atoms with van der Waals surface area (Å²) in [4.78, 5) is 2.54. The van der Waals surface area contributed by atoms with E-state index in [4.69, 9.17) is 17.3 Å². The maximum absolute atomic E-state index is 6.18. The highest BCUT2D eigenvalue weighted by atomic mass is 35.5. The van der Waals surface area contributed by atoms with Gasteiger partial charge >= 0.3 is 0 Å². The fourth-order valence-corrected chi connectivity index (χ4v) is 3.72. The molecule has 1 aromatic rings. The molecule has 1 saturated carbocycles. The quantitative estimate of drug-likeness (QED) is 0.908. The van der Waals surface area contributed by atoms with E-state index in [1.165, 1.54) is 24.9 Å². The van der Waals surface area contributed by atoms with Gasteiger partial charge in [0.05, 0.1) is 0 Å². The molecule has 106 valence electrons. The Bertz CT molecular complexity index is 450. The highest BCUT2D eigenvalue weighted by molar-refractivity contribution is 6.31. The molecular formula is C15H22Cl2N2. The van der Waals surface area contributed by atoms with Gasteiger partial charge in [-0.3, -0.25) is 4.90 Å². The number of aryl methyl sites for hydroxylation is 1. The zero-order valence-electron chi connectivity index (χ0n) is 11.3. The zero-order valence-corrected chi connectivity index (χ0v) is 12.9. The number of rotatable bonds is 2. The van der Waals surface area contributed by atoms with E-state index in [0.29, 0.717) is 6.04 Å². The second-order valence-corrected chi connectivity index (χ2v) is 6.35. The lowest BCUT2D eigenvalue weighted by atomic mass is 9.98.